The van der Waals surface area contributed by atoms with Gasteiger partial charge in [0.25, 0.3) is 0 Å². The largest absolute Gasteiger partial charge is 0.356 e. The number of benzene rings is 2. The maximum absolute atomic E-state index is 12.8. The van der Waals surface area contributed by atoms with E-state index in [4.69, 9.17) is 0 Å². The number of rotatable bonds is 5. The van der Waals surface area contributed by atoms with E-state index in [1.54, 1.807) is 6.33 Å². The van der Waals surface area contributed by atoms with Crippen molar-refractivity contribution in [2.75, 3.05) is 18.0 Å². The average Bonchev–Trinajstić information content (AvgIpc) is 2.79. The summed E-state index contributed by atoms with van der Waals surface area (Å²) >= 11 is 0. The molecule has 5 heteroatoms. The van der Waals surface area contributed by atoms with Crippen LogP contribution in [0.4, 0.5) is 5.82 Å². The van der Waals surface area contributed by atoms with Gasteiger partial charge in [-0.25, -0.2) is 9.97 Å². The topological polar surface area (TPSA) is 58.1 Å². The number of carbonyl (C=O) groups is 1. The molecule has 1 aliphatic heterocycles. The third kappa shape index (κ3) is 5.10. The predicted octanol–water partition coefficient (Wildman–Crippen LogP) is 4.85. The molecule has 2 aromatic carbocycles. The van der Waals surface area contributed by atoms with Crippen molar-refractivity contribution in [2.24, 2.45) is 5.92 Å². The molecule has 0 bridgehead atoms. The second kappa shape index (κ2) is 9.29. The molecule has 160 valence electrons. The van der Waals surface area contributed by atoms with Gasteiger partial charge in [0.05, 0.1) is 11.7 Å². The monoisotopic (exact) mass is 414 g/mol. The lowest BCUT2D eigenvalue weighted by Crippen LogP contribution is -2.41. The molecule has 31 heavy (non-hydrogen) atoms. The van der Waals surface area contributed by atoms with E-state index in [2.05, 4.69) is 82.6 Å². The number of aryl methyl sites for hydroxylation is 2. The SMILES string of the molecule is Cc1ccc([C@H](C)NC(=O)C2CCN(c3cc(-c4cccc(C)c4)ncn3)CC2)cc1. The Morgan fingerprint density at radius 3 is 2.45 bits per heavy atom. The predicted molar refractivity (Wildman–Crippen MR) is 125 cm³/mol. The van der Waals surface area contributed by atoms with Crippen molar-refractivity contribution in [3.63, 3.8) is 0 Å². The Morgan fingerprint density at radius 1 is 1.00 bits per heavy atom. The van der Waals surface area contributed by atoms with Crippen LogP contribution >= 0.6 is 0 Å². The molecule has 2 heterocycles. The summed E-state index contributed by atoms with van der Waals surface area (Å²) in [5, 5.41) is 3.19. The molecule has 1 amide bonds. The molecular formula is C26H30N4O. The van der Waals surface area contributed by atoms with Crippen LogP contribution in [-0.2, 0) is 4.79 Å². The van der Waals surface area contributed by atoms with Crippen LogP contribution in [0, 0.1) is 19.8 Å². The summed E-state index contributed by atoms with van der Waals surface area (Å²) in [6, 6.07) is 18.8. The zero-order valence-electron chi connectivity index (χ0n) is 18.5. The van der Waals surface area contributed by atoms with Gasteiger partial charge in [-0.1, -0.05) is 53.6 Å². The number of nitrogens with one attached hydrogen (secondary N) is 1. The van der Waals surface area contributed by atoms with E-state index in [1.807, 2.05) is 13.0 Å². The van der Waals surface area contributed by atoms with Crippen LogP contribution in [0.1, 0.15) is 42.5 Å². The van der Waals surface area contributed by atoms with E-state index in [0.717, 1.165) is 48.6 Å². The second-order valence-corrected chi connectivity index (χ2v) is 8.53. The maximum Gasteiger partial charge on any atom is 0.223 e. The first kappa shape index (κ1) is 21.0. The molecule has 1 aromatic heterocycles. The van der Waals surface area contributed by atoms with Crippen LogP contribution in [0.2, 0.25) is 0 Å². The van der Waals surface area contributed by atoms with Crippen molar-refractivity contribution in [2.45, 2.75) is 39.7 Å². The molecule has 0 saturated carbocycles. The van der Waals surface area contributed by atoms with E-state index in [1.165, 1.54) is 11.1 Å². The van der Waals surface area contributed by atoms with Gasteiger partial charge in [-0.15, -0.1) is 0 Å². The van der Waals surface area contributed by atoms with Gasteiger partial charge in [0.15, 0.2) is 0 Å². The van der Waals surface area contributed by atoms with E-state index in [-0.39, 0.29) is 17.9 Å². The number of amides is 1. The Morgan fingerprint density at radius 2 is 1.74 bits per heavy atom. The molecule has 3 aromatic rings. The third-order valence-corrected chi connectivity index (χ3v) is 6.09. The fourth-order valence-corrected chi connectivity index (χ4v) is 4.12. The molecule has 0 radical (unpaired) electrons. The van der Waals surface area contributed by atoms with Gasteiger partial charge in [0.2, 0.25) is 5.91 Å². The Kier molecular flexibility index (Phi) is 6.31. The van der Waals surface area contributed by atoms with Gasteiger partial charge in [-0.05, 0) is 45.2 Å². The quantitative estimate of drug-likeness (QED) is 0.648. The number of hydrogen-bond acceptors (Lipinski definition) is 4. The first-order chi connectivity index (χ1) is 15.0. The van der Waals surface area contributed by atoms with E-state index >= 15 is 0 Å². The average molecular weight is 415 g/mol. The molecule has 4 rings (SSSR count). The molecule has 1 saturated heterocycles. The molecule has 5 nitrogen and oxygen atoms in total. The molecule has 1 N–H and O–H groups in total. The van der Waals surface area contributed by atoms with Crippen molar-refractivity contribution < 1.29 is 4.79 Å². The minimum Gasteiger partial charge on any atom is -0.356 e. The number of aromatic nitrogens is 2. The van der Waals surface area contributed by atoms with Gasteiger partial charge >= 0.3 is 0 Å². The fourth-order valence-electron chi connectivity index (χ4n) is 4.12. The molecular weight excluding hydrogens is 384 g/mol. The fraction of sp³-hybridized carbons (Fsp3) is 0.346. The lowest BCUT2D eigenvalue weighted by molar-refractivity contribution is -0.126. The highest BCUT2D eigenvalue weighted by Gasteiger charge is 2.26. The lowest BCUT2D eigenvalue weighted by Gasteiger charge is -2.32. The van der Waals surface area contributed by atoms with Gasteiger partial charge < -0.3 is 10.2 Å². The summed E-state index contributed by atoms with van der Waals surface area (Å²) in [6.45, 7) is 7.84. The molecule has 0 aliphatic carbocycles. The molecule has 1 fully saturated rings. The summed E-state index contributed by atoms with van der Waals surface area (Å²) in [4.78, 5) is 24.0. The van der Waals surface area contributed by atoms with Crippen molar-refractivity contribution in [3.8, 4) is 11.3 Å². The summed E-state index contributed by atoms with van der Waals surface area (Å²) in [7, 11) is 0. The maximum atomic E-state index is 12.8. The third-order valence-electron chi connectivity index (χ3n) is 6.09. The highest BCUT2D eigenvalue weighted by atomic mass is 16.1. The summed E-state index contributed by atoms with van der Waals surface area (Å²) in [5.41, 5.74) is 5.61. The Labute approximate surface area is 184 Å². The minimum atomic E-state index is 0.0184. The van der Waals surface area contributed by atoms with Crippen LogP contribution in [0.25, 0.3) is 11.3 Å². The van der Waals surface area contributed by atoms with Crippen molar-refractivity contribution in [1.29, 1.82) is 0 Å². The highest BCUT2D eigenvalue weighted by Crippen LogP contribution is 2.26. The van der Waals surface area contributed by atoms with Gasteiger partial charge in [-0.3, -0.25) is 4.79 Å². The van der Waals surface area contributed by atoms with Gasteiger partial charge in [0, 0.05) is 30.6 Å². The van der Waals surface area contributed by atoms with Crippen LogP contribution in [0.5, 0.6) is 0 Å². The van der Waals surface area contributed by atoms with E-state index in [0.29, 0.717) is 0 Å². The standard InChI is InChI=1S/C26H30N4O/c1-18-7-9-21(10-8-18)20(3)29-26(31)22-11-13-30(14-12-22)25-16-24(27-17-28-25)23-6-4-5-19(2)15-23/h4-10,15-17,20,22H,11-14H2,1-3H3,(H,29,31)/t20-/m0/s1. The first-order valence-corrected chi connectivity index (χ1v) is 11.0. The van der Waals surface area contributed by atoms with E-state index in [9.17, 15) is 4.79 Å². The van der Waals surface area contributed by atoms with Crippen LogP contribution in [-0.4, -0.2) is 29.0 Å². The van der Waals surface area contributed by atoms with Crippen molar-refractivity contribution in [3.05, 3.63) is 77.6 Å². The Bertz CT molecular complexity index is 1040. The second-order valence-electron chi connectivity index (χ2n) is 8.53. The number of hydrogen-bond donors (Lipinski definition) is 1. The van der Waals surface area contributed by atoms with Gasteiger partial charge in [-0.2, -0.15) is 0 Å². The van der Waals surface area contributed by atoms with E-state index < -0.39 is 0 Å². The highest BCUT2D eigenvalue weighted by molar-refractivity contribution is 5.79. The number of carbonyl (C=O) groups excluding carboxylic acids is 1. The normalized spacial score (nSPS) is 15.5. The lowest BCUT2D eigenvalue weighted by atomic mass is 9.95. The number of piperidine rings is 1. The smallest absolute Gasteiger partial charge is 0.223 e. The molecule has 1 atom stereocenters. The Hall–Kier alpha value is -3.21. The first-order valence-electron chi connectivity index (χ1n) is 11.0. The van der Waals surface area contributed by atoms with Crippen LogP contribution in [0.15, 0.2) is 60.9 Å². The summed E-state index contributed by atoms with van der Waals surface area (Å²) in [5.74, 6) is 1.12. The van der Waals surface area contributed by atoms with Crippen molar-refractivity contribution >= 4 is 11.7 Å². The Balaban J connectivity index is 1.36. The molecule has 1 aliphatic rings. The molecule has 0 spiro atoms. The van der Waals surface area contributed by atoms with Crippen molar-refractivity contribution in [1.82, 2.24) is 15.3 Å². The van der Waals surface area contributed by atoms with Crippen LogP contribution in [0.3, 0.4) is 0 Å². The van der Waals surface area contributed by atoms with Gasteiger partial charge in [0.1, 0.15) is 12.1 Å². The zero-order chi connectivity index (χ0) is 21.8. The zero-order valence-corrected chi connectivity index (χ0v) is 18.5. The summed E-state index contributed by atoms with van der Waals surface area (Å²) < 4.78 is 0. The summed E-state index contributed by atoms with van der Waals surface area (Å²) in [6.07, 6.45) is 3.29. The minimum absolute atomic E-state index is 0.0184. The number of anilines is 1. The molecule has 0 unspecified atom stereocenters. The van der Waals surface area contributed by atoms with Crippen LogP contribution < -0.4 is 10.2 Å². The number of nitrogens with zero attached hydrogens (tertiary/aromatic N) is 3.